The molecule has 0 N–H and O–H groups in total. The maximum absolute atomic E-state index is 13.1. The van der Waals surface area contributed by atoms with Gasteiger partial charge in [0.25, 0.3) is 0 Å². The van der Waals surface area contributed by atoms with E-state index in [1.807, 2.05) is 46.2 Å². The number of piperidine rings is 1. The minimum absolute atomic E-state index is 0.0161. The minimum atomic E-state index is 0.0161. The van der Waals surface area contributed by atoms with E-state index in [4.69, 9.17) is 11.6 Å². The second-order valence-corrected chi connectivity index (χ2v) is 9.74. The average Bonchev–Trinajstić information content (AvgIpc) is 2.88. The summed E-state index contributed by atoms with van der Waals surface area (Å²) < 4.78 is 0. The maximum atomic E-state index is 13.1. The van der Waals surface area contributed by atoms with Gasteiger partial charge in [-0.05, 0) is 47.4 Å². The summed E-state index contributed by atoms with van der Waals surface area (Å²) in [6.07, 6.45) is 1.91. The molecular weight excluding hydrogens is 446 g/mol. The van der Waals surface area contributed by atoms with Crippen molar-refractivity contribution in [3.8, 4) is 0 Å². The third kappa shape index (κ3) is 5.05. The maximum Gasteiger partial charge on any atom is 0.226 e. The summed E-state index contributed by atoms with van der Waals surface area (Å²) in [6, 6.07) is 22.3. The summed E-state index contributed by atoms with van der Waals surface area (Å²) in [7, 11) is 0. The molecule has 0 bridgehead atoms. The molecule has 5 rings (SSSR count). The average molecular weight is 476 g/mol. The number of likely N-dealkylation sites (tertiary alicyclic amines) is 1. The molecule has 0 aliphatic carbocycles. The molecule has 0 spiro atoms. The first-order valence-electron chi connectivity index (χ1n) is 12.1. The predicted molar refractivity (Wildman–Crippen MR) is 137 cm³/mol. The summed E-state index contributed by atoms with van der Waals surface area (Å²) >= 11 is 6.13. The lowest BCUT2D eigenvalue weighted by atomic mass is 9.94. The van der Waals surface area contributed by atoms with Crippen LogP contribution in [0, 0.1) is 5.92 Å². The van der Waals surface area contributed by atoms with E-state index in [0.29, 0.717) is 19.5 Å². The van der Waals surface area contributed by atoms with E-state index in [1.165, 1.54) is 5.39 Å². The van der Waals surface area contributed by atoms with Gasteiger partial charge in [0.2, 0.25) is 11.8 Å². The number of anilines is 1. The largest absolute Gasteiger partial charge is 0.368 e. The van der Waals surface area contributed by atoms with Crippen LogP contribution in [0.1, 0.15) is 18.4 Å². The third-order valence-corrected chi connectivity index (χ3v) is 7.37. The monoisotopic (exact) mass is 475 g/mol. The lowest BCUT2D eigenvalue weighted by molar-refractivity contribution is -0.140. The molecule has 2 amide bonds. The summed E-state index contributed by atoms with van der Waals surface area (Å²) in [5.41, 5.74) is 2.15. The van der Waals surface area contributed by atoms with Crippen LogP contribution in [0.5, 0.6) is 0 Å². The number of fused-ring (bicyclic) bond motifs is 1. The Balaban J connectivity index is 1.10. The van der Waals surface area contributed by atoms with Crippen molar-refractivity contribution in [3.05, 3.63) is 77.3 Å². The number of carbonyl (C=O) groups excluding carboxylic acids is 2. The smallest absolute Gasteiger partial charge is 0.226 e. The number of nitrogens with zero attached hydrogens (tertiary/aromatic N) is 3. The summed E-state index contributed by atoms with van der Waals surface area (Å²) in [5, 5.41) is 3.08. The highest BCUT2D eigenvalue weighted by molar-refractivity contribution is 6.30. The number of halogens is 1. The van der Waals surface area contributed by atoms with Gasteiger partial charge in [-0.2, -0.15) is 0 Å². The lowest BCUT2D eigenvalue weighted by Crippen LogP contribution is -2.52. The SMILES string of the molecule is O=C(Cc1ccc2ccccc2c1)N1CCC(C(=O)N2CCN(c3cccc(Cl)c3)CC2)CC1. The van der Waals surface area contributed by atoms with Crippen molar-refractivity contribution in [2.75, 3.05) is 44.2 Å². The van der Waals surface area contributed by atoms with Crippen molar-refractivity contribution in [2.45, 2.75) is 19.3 Å². The molecule has 0 unspecified atom stereocenters. The number of carbonyl (C=O) groups is 2. The Morgan fingerprint density at radius 3 is 2.24 bits per heavy atom. The number of rotatable bonds is 4. The molecule has 0 saturated carbocycles. The molecule has 5 nitrogen and oxygen atoms in total. The van der Waals surface area contributed by atoms with E-state index >= 15 is 0 Å². The van der Waals surface area contributed by atoms with E-state index < -0.39 is 0 Å². The summed E-state index contributed by atoms with van der Waals surface area (Å²) in [4.78, 5) is 32.2. The Hall–Kier alpha value is -3.05. The van der Waals surface area contributed by atoms with E-state index in [2.05, 4.69) is 35.2 Å². The van der Waals surface area contributed by atoms with Crippen molar-refractivity contribution in [1.29, 1.82) is 0 Å². The molecule has 2 saturated heterocycles. The number of piperazine rings is 1. The van der Waals surface area contributed by atoms with Gasteiger partial charge in [0.05, 0.1) is 6.42 Å². The van der Waals surface area contributed by atoms with Crippen molar-refractivity contribution in [3.63, 3.8) is 0 Å². The molecule has 2 fully saturated rings. The Kier molecular flexibility index (Phi) is 6.73. The predicted octanol–water partition coefficient (Wildman–Crippen LogP) is 4.62. The molecule has 2 aliphatic rings. The van der Waals surface area contributed by atoms with Gasteiger partial charge in [0.15, 0.2) is 0 Å². The first-order valence-corrected chi connectivity index (χ1v) is 12.5. The highest BCUT2D eigenvalue weighted by Gasteiger charge is 2.31. The zero-order valence-electron chi connectivity index (χ0n) is 19.3. The van der Waals surface area contributed by atoms with Gasteiger partial charge in [0.1, 0.15) is 0 Å². The number of hydrogen-bond donors (Lipinski definition) is 0. The highest BCUT2D eigenvalue weighted by atomic mass is 35.5. The molecule has 3 aromatic carbocycles. The van der Waals surface area contributed by atoms with Gasteiger partial charge in [-0.1, -0.05) is 60.1 Å². The van der Waals surface area contributed by atoms with E-state index in [-0.39, 0.29) is 17.7 Å². The Morgan fingerprint density at radius 1 is 0.765 bits per heavy atom. The standard InChI is InChI=1S/C28H30ClN3O2/c29-25-6-3-7-26(20-25)30-14-16-32(17-15-30)28(34)23-10-12-31(13-11-23)27(33)19-21-8-9-22-4-1-2-5-24(22)18-21/h1-9,18,20,23H,10-17,19H2. The van der Waals surface area contributed by atoms with Gasteiger partial charge in [0, 0.05) is 55.9 Å². The molecule has 3 aromatic rings. The zero-order valence-corrected chi connectivity index (χ0v) is 20.1. The Morgan fingerprint density at radius 2 is 1.50 bits per heavy atom. The summed E-state index contributed by atoms with van der Waals surface area (Å²) in [5.74, 6) is 0.408. The Labute approximate surface area is 205 Å². The molecule has 6 heteroatoms. The zero-order chi connectivity index (χ0) is 23.5. The number of amides is 2. The van der Waals surface area contributed by atoms with Crippen LogP contribution in [0.2, 0.25) is 5.02 Å². The first-order chi connectivity index (χ1) is 16.6. The molecule has 176 valence electrons. The van der Waals surface area contributed by atoms with Crippen LogP contribution in [0.25, 0.3) is 10.8 Å². The number of hydrogen-bond acceptors (Lipinski definition) is 3. The van der Waals surface area contributed by atoms with Gasteiger partial charge in [-0.3, -0.25) is 9.59 Å². The second kappa shape index (κ2) is 10.1. The molecule has 34 heavy (non-hydrogen) atoms. The topological polar surface area (TPSA) is 43.9 Å². The van der Waals surface area contributed by atoms with Gasteiger partial charge >= 0.3 is 0 Å². The molecule has 0 radical (unpaired) electrons. The van der Waals surface area contributed by atoms with Crippen LogP contribution >= 0.6 is 11.6 Å². The van der Waals surface area contributed by atoms with Crippen LogP contribution in [-0.2, 0) is 16.0 Å². The van der Waals surface area contributed by atoms with Gasteiger partial charge < -0.3 is 14.7 Å². The van der Waals surface area contributed by atoms with Crippen molar-refractivity contribution in [1.82, 2.24) is 9.80 Å². The fourth-order valence-corrected chi connectivity index (χ4v) is 5.31. The van der Waals surface area contributed by atoms with Crippen LogP contribution < -0.4 is 4.90 Å². The fourth-order valence-electron chi connectivity index (χ4n) is 5.13. The van der Waals surface area contributed by atoms with Crippen molar-refractivity contribution >= 4 is 39.9 Å². The van der Waals surface area contributed by atoms with E-state index in [0.717, 1.165) is 60.7 Å². The first kappa shape index (κ1) is 22.7. The molecule has 2 aliphatic heterocycles. The summed E-state index contributed by atoms with van der Waals surface area (Å²) in [6.45, 7) is 4.40. The second-order valence-electron chi connectivity index (χ2n) is 9.31. The van der Waals surface area contributed by atoms with Crippen LogP contribution in [-0.4, -0.2) is 60.9 Å². The number of benzene rings is 3. The van der Waals surface area contributed by atoms with E-state index in [9.17, 15) is 9.59 Å². The quantitative estimate of drug-likeness (QED) is 0.553. The highest BCUT2D eigenvalue weighted by Crippen LogP contribution is 2.24. The third-order valence-electron chi connectivity index (χ3n) is 7.13. The van der Waals surface area contributed by atoms with Gasteiger partial charge in [-0.25, -0.2) is 0 Å². The molecule has 0 atom stereocenters. The van der Waals surface area contributed by atoms with Crippen LogP contribution in [0.3, 0.4) is 0 Å². The van der Waals surface area contributed by atoms with Crippen LogP contribution in [0.15, 0.2) is 66.7 Å². The van der Waals surface area contributed by atoms with Gasteiger partial charge in [-0.15, -0.1) is 0 Å². The molecular formula is C28H30ClN3O2. The normalized spacial score (nSPS) is 17.3. The fraction of sp³-hybridized carbons (Fsp3) is 0.357. The minimum Gasteiger partial charge on any atom is -0.368 e. The molecule has 0 aromatic heterocycles. The Bertz CT molecular complexity index is 1180. The van der Waals surface area contributed by atoms with Crippen LogP contribution in [0.4, 0.5) is 5.69 Å². The lowest BCUT2D eigenvalue weighted by Gasteiger charge is -2.39. The van der Waals surface area contributed by atoms with E-state index in [1.54, 1.807) is 0 Å². The molecule has 2 heterocycles. The van der Waals surface area contributed by atoms with Crippen molar-refractivity contribution < 1.29 is 9.59 Å². The van der Waals surface area contributed by atoms with Crippen molar-refractivity contribution in [2.24, 2.45) is 5.92 Å².